The first kappa shape index (κ1) is 17.8. The highest BCUT2D eigenvalue weighted by atomic mass is 16.2. The summed E-state index contributed by atoms with van der Waals surface area (Å²) in [7, 11) is 0. The quantitative estimate of drug-likeness (QED) is 0.768. The van der Waals surface area contributed by atoms with Crippen LogP contribution in [0.3, 0.4) is 0 Å². The van der Waals surface area contributed by atoms with E-state index < -0.39 is 5.54 Å². The van der Waals surface area contributed by atoms with E-state index >= 15 is 0 Å². The molecule has 0 bridgehead atoms. The molecule has 128 valence electrons. The van der Waals surface area contributed by atoms with E-state index in [4.69, 9.17) is 0 Å². The molecule has 0 spiro atoms. The van der Waals surface area contributed by atoms with Gasteiger partial charge in [-0.05, 0) is 45.4 Å². The number of nitrogens with zero attached hydrogens (tertiary/aromatic N) is 1. The molecule has 1 aromatic carbocycles. The zero-order chi connectivity index (χ0) is 17.6. The van der Waals surface area contributed by atoms with Crippen molar-refractivity contribution >= 4 is 11.6 Å². The lowest BCUT2D eigenvalue weighted by molar-refractivity contribution is -0.124. The van der Waals surface area contributed by atoms with Crippen LogP contribution < -0.4 is 16.2 Å². The fourth-order valence-electron chi connectivity index (χ4n) is 2.37. The van der Waals surface area contributed by atoms with E-state index in [2.05, 4.69) is 10.6 Å². The van der Waals surface area contributed by atoms with Crippen molar-refractivity contribution in [2.45, 2.75) is 39.3 Å². The lowest BCUT2D eigenvalue weighted by Gasteiger charge is -2.26. The number of hydrogen-bond donors (Lipinski definition) is 2. The van der Waals surface area contributed by atoms with E-state index in [1.807, 2.05) is 51.1 Å². The molecule has 2 rings (SSSR count). The molecule has 0 fully saturated rings. The summed E-state index contributed by atoms with van der Waals surface area (Å²) in [4.78, 5) is 24.0. The van der Waals surface area contributed by atoms with Crippen LogP contribution in [0.1, 0.15) is 25.8 Å². The lowest BCUT2D eigenvalue weighted by atomic mass is 10.0. The molecule has 1 heterocycles. The van der Waals surface area contributed by atoms with Gasteiger partial charge < -0.3 is 15.2 Å². The molecule has 0 atom stereocenters. The summed E-state index contributed by atoms with van der Waals surface area (Å²) in [6.45, 7) is 6.85. The van der Waals surface area contributed by atoms with Gasteiger partial charge in [-0.1, -0.05) is 23.8 Å². The van der Waals surface area contributed by atoms with Gasteiger partial charge in [-0.15, -0.1) is 0 Å². The third-order valence-corrected chi connectivity index (χ3v) is 3.84. The van der Waals surface area contributed by atoms with Gasteiger partial charge in [0.25, 0.3) is 0 Å². The van der Waals surface area contributed by atoms with Crippen molar-refractivity contribution in [2.24, 2.45) is 0 Å². The third-order valence-electron chi connectivity index (χ3n) is 3.84. The molecular weight excluding hydrogens is 302 g/mol. The molecule has 2 N–H and O–H groups in total. The highest BCUT2D eigenvalue weighted by molar-refractivity contribution is 5.88. The van der Waals surface area contributed by atoms with Gasteiger partial charge in [-0.25, -0.2) is 0 Å². The van der Waals surface area contributed by atoms with Crippen molar-refractivity contribution in [3.63, 3.8) is 0 Å². The lowest BCUT2D eigenvalue weighted by Crippen LogP contribution is -2.48. The minimum Gasteiger partial charge on any atom is -0.372 e. The van der Waals surface area contributed by atoms with E-state index in [0.717, 1.165) is 5.69 Å². The number of benzene rings is 1. The summed E-state index contributed by atoms with van der Waals surface area (Å²) in [6.07, 6.45) is 2.46. The Morgan fingerprint density at radius 2 is 1.83 bits per heavy atom. The molecule has 2 aromatic rings. The highest BCUT2D eigenvalue weighted by Gasteiger charge is 2.26. The van der Waals surface area contributed by atoms with Gasteiger partial charge >= 0.3 is 0 Å². The number of carbonyl (C=O) groups is 1. The standard InChI is InChI=1S/C19H25N3O2/c1-15-8-10-16(11-9-15)21-19(2,3)18(24)20-12-6-14-22-13-5-4-7-17(22)23/h4-5,7-11,13,21H,6,12,14H2,1-3H3,(H,20,24). The maximum atomic E-state index is 12.4. The predicted molar refractivity (Wildman–Crippen MR) is 97.2 cm³/mol. The fraction of sp³-hybridized carbons (Fsp3) is 0.368. The summed E-state index contributed by atoms with van der Waals surface area (Å²) < 4.78 is 1.64. The van der Waals surface area contributed by atoms with E-state index in [9.17, 15) is 9.59 Å². The summed E-state index contributed by atoms with van der Waals surface area (Å²) in [5, 5.41) is 6.17. The second kappa shape index (κ2) is 7.81. The van der Waals surface area contributed by atoms with Gasteiger partial charge in [0.1, 0.15) is 5.54 Å². The number of nitrogens with one attached hydrogen (secondary N) is 2. The van der Waals surface area contributed by atoms with E-state index in [1.54, 1.807) is 16.8 Å². The second-order valence-electron chi connectivity index (χ2n) is 6.46. The molecule has 0 aliphatic rings. The van der Waals surface area contributed by atoms with Crippen LogP contribution >= 0.6 is 0 Å². The Morgan fingerprint density at radius 3 is 2.50 bits per heavy atom. The van der Waals surface area contributed by atoms with Crippen LogP contribution in [0, 0.1) is 6.92 Å². The number of amides is 1. The van der Waals surface area contributed by atoms with Gasteiger partial charge in [0, 0.05) is 31.0 Å². The van der Waals surface area contributed by atoms with Crippen molar-refractivity contribution in [3.05, 3.63) is 64.6 Å². The first-order chi connectivity index (χ1) is 11.4. The van der Waals surface area contributed by atoms with Crippen LogP contribution in [0.4, 0.5) is 5.69 Å². The van der Waals surface area contributed by atoms with Crippen molar-refractivity contribution in [1.29, 1.82) is 0 Å². The zero-order valence-corrected chi connectivity index (χ0v) is 14.5. The van der Waals surface area contributed by atoms with Crippen molar-refractivity contribution in [1.82, 2.24) is 9.88 Å². The Hall–Kier alpha value is -2.56. The smallest absolute Gasteiger partial charge is 0.250 e. The van der Waals surface area contributed by atoms with Gasteiger partial charge in [-0.3, -0.25) is 9.59 Å². The second-order valence-corrected chi connectivity index (χ2v) is 6.46. The molecule has 1 aromatic heterocycles. The average Bonchev–Trinajstić information content (AvgIpc) is 2.55. The number of pyridine rings is 1. The molecular formula is C19H25N3O2. The minimum atomic E-state index is -0.709. The number of anilines is 1. The number of aromatic nitrogens is 1. The predicted octanol–water partition coefficient (Wildman–Crippen LogP) is 2.55. The maximum absolute atomic E-state index is 12.4. The van der Waals surface area contributed by atoms with Gasteiger partial charge in [-0.2, -0.15) is 0 Å². The van der Waals surface area contributed by atoms with E-state index in [0.29, 0.717) is 19.5 Å². The molecule has 0 aliphatic heterocycles. The van der Waals surface area contributed by atoms with Crippen LogP contribution in [0.5, 0.6) is 0 Å². The molecule has 5 nitrogen and oxygen atoms in total. The normalized spacial score (nSPS) is 11.1. The largest absolute Gasteiger partial charge is 0.372 e. The summed E-state index contributed by atoms with van der Waals surface area (Å²) >= 11 is 0. The van der Waals surface area contributed by atoms with Crippen molar-refractivity contribution in [3.8, 4) is 0 Å². The Morgan fingerprint density at radius 1 is 1.12 bits per heavy atom. The maximum Gasteiger partial charge on any atom is 0.250 e. The Kier molecular flexibility index (Phi) is 5.79. The van der Waals surface area contributed by atoms with Crippen LogP contribution in [0.2, 0.25) is 0 Å². The van der Waals surface area contributed by atoms with Crippen LogP contribution in [-0.4, -0.2) is 22.6 Å². The minimum absolute atomic E-state index is 0.0230. The van der Waals surface area contributed by atoms with Gasteiger partial charge in [0.15, 0.2) is 0 Å². The highest BCUT2D eigenvalue weighted by Crippen LogP contribution is 2.15. The van der Waals surface area contributed by atoms with Crippen LogP contribution in [0.15, 0.2) is 53.5 Å². The molecule has 1 amide bonds. The zero-order valence-electron chi connectivity index (χ0n) is 14.5. The number of carbonyl (C=O) groups excluding carboxylic acids is 1. The molecule has 0 saturated heterocycles. The van der Waals surface area contributed by atoms with E-state index in [-0.39, 0.29) is 11.5 Å². The van der Waals surface area contributed by atoms with E-state index in [1.165, 1.54) is 11.6 Å². The monoisotopic (exact) mass is 327 g/mol. The first-order valence-electron chi connectivity index (χ1n) is 8.17. The molecule has 0 saturated carbocycles. The number of hydrogen-bond acceptors (Lipinski definition) is 3. The molecule has 0 unspecified atom stereocenters. The fourth-order valence-corrected chi connectivity index (χ4v) is 2.37. The summed E-state index contributed by atoms with van der Waals surface area (Å²) in [5.74, 6) is -0.0662. The summed E-state index contributed by atoms with van der Waals surface area (Å²) in [6, 6.07) is 13.0. The molecule has 24 heavy (non-hydrogen) atoms. The third kappa shape index (κ3) is 4.98. The SMILES string of the molecule is Cc1ccc(NC(C)(C)C(=O)NCCCn2ccccc2=O)cc1. The van der Waals surface area contributed by atoms with Crippen LogP contribution in [0.25, 0.3) is 0 Å². The average molecular weight is 327 g/mol. The summed E-state index contributed by atoms with van der Waals surface area (Å²) in [5.41, 5.74) is 1.36. The number of rotatable bonds is 7. The topological polar surface area (TPSA) is 63.1 Å². The van der Waals surface area contributed by atoms with Gasteiger partial charge in [0.2, 0.25) is 11.5 Å². The van der Waals surface area contributed by atoms with Crippen molar-refractivity contribution < 1.29 is 4.79 Å². The molecule has 0 aliphatic carbocycles. The van der Waals surface area contributed by atoms with Gasteiger partial charge in [0.05, 0.1) is 0 Å². The number of aryl methyl sites for hydroxylation is 2. The Balaban J connectivity index is 1.81. The molecule has 5 heteroatoms. The molecule has 0 radical (unpaired) electrons. The van der Waals surface area contributed by atoms with Crippen LogP contribution in [-0.2, 0) is 11.3 Å². The Bertz CT molecular complexity index is 733. The Labute approximate surface area is 142 Å². The van der Waals surface area contributed by atoms with Crippen molar-refractivity contribution in [2.75, 3.05) is 11.9 Å². The first-order valence-corrected chi connectivity index (χ1v) is 8.17.